The van der Waals surface area contributed by atoms with Crippen LogP contribution in [0.1, 0.15) is 6.04 Å². The van der Waals surface area contributed by atoms with Crippen molar-refractivity contribution in [2.45, 2.75) is 12.1 Å². The SMILES string of the molecule is O=C(O)N1C[C@H](O)[C@@H](n2ccnn2)C1. The fraction of sp³-hybridized carbons (Fsp3) is 0.571. The minimum Gasteiger partial charge on any atom is -0.465 e. The molecule has 1 aliphatic heterocycles. The summed E-state index contributed by atoms with van der Waals surface area (Å²) in [4.78, 5) is 11.8. The molecule has 1 amide bonds. The van der Waals surface area contributed by atoms with E-state index in [1.54, 1.807) is 6.20 Å². The third-order valence-electron chi connectivity index (χ3n) is 2.31. The highest BCUT2D eigenvalue weighted by molar-refractivity contribution is 5.65. The molecule has 2 N–H and O–H groups in total. The number of amides is 1. The average Bonchev–Trinajstić information content (AvgIpc) is 2.71. The van der Waals surface area contributed by atoms with Crippen molar-refractivity contribution in [3.63, 3.8) is 0 Å². The Kier molecular flexibility index (Phi) is 2.08. The van der Waals surface area contributed by atoms with Gasteiger partial charge in [0, 0.05) is 12.7 Å². The van der Waals surface area contributed by atoms with Crippen LogP contribution < -0.4 is 0 Å². The van der Waals surface area contributed by atoms with E-state index in [9.17, 15) is 9.90 Å². The number of hydrogen-bond donors (Lipinski definition) is 2. The molecule has 0 aliphatic carbocycles. The highest BCUT2D eigenvalue weighted by Crippen LogP contribution is 2.20. The van der Waals surface area contributed by atoms with E-state index in [1.807, 2.05) is 0 Å². The van der Waals surface area contributed by atoms with Crippen LogP contribution in [0.5, 0.6) is 0 Å². The molecule has 1 saturated heterocycles. The largest absolute Gasteiger partial charge is 0.465 e. The molecule has 7 heteroatoms. The van der Waals surface area contributed by atoms with Crippen molar-refractivity contribution in [1.29, 1.82) is 0 Å². The number of rotatable bonds is 1. The predicted octanol–water partition coefficient (Wildman–Crippen LogP) is -0.826. The molecule has 7 nitrogen and oxygen atoms in total. The summed E-state index contributed by atoms with van der Waals surface area (Å²) in [6, 6.07) is -0.325. The number of β-amino-alcohol motifs (C(OH)–C–C–N with tert-alkyl or cyclic N) is 1. The van der Waals surface area contributed by atoms with Gasteiger partial charge in [0.1, 0.15) is 0 Å². The van der Waals surface area contributed by atoms with Gasteiger partial charge < -0.3 is 15.1 Å². The molecule has 2 rings (SSSR count). The smallest absolute Gasteiger partial charge is 0.407 e. The first-order chi connectivity index (χ1) is 6.68. The van der Waals surface area contributed by atoms with Crippen molar-refractivity contribution in [3.8, 4) is 0 Å². The lowest BCUT2D eigenvalue weighted by atomic mass is 10.2. The van der Waals surface area contributed by atoms with Crippen LogP contribution in [0.15, 0.2) is 12.4 Å². The van der Waals surface area contributed by atoms with Crippen molar-refractivity contribution < 1.29 is 15.0 Å². The molecule has 1 fully saturated rings. The van der Waals surface area contributed by atoms with Crippen LogP contribution in [-0.4, -0.2) is 55.4 Å². The third-order valence-corrected chi connectivity index (χ3v) is 2.31. The van der Waals surface area contributed by atoms with Crippen molar-refractivity contribution in [3.05, 3.63) is 12.4 Å². The first kappa shape index (κ1) is 8.95. The Morgan fingerprint density at radius 2 is 2.29 bits per heavy atom. The molecule has 2 heterocycles. The Morgan fingerprint density at radius 1 is 1.50 bits per heavy atom. The summed E-state index contributed by atoms with van der Waals surface area (Å²) >= 11 is 0. The van der Waals surface area contributed by atoms with Gasteiger partial charge in [0.15, 0.2) is 0 Å². The van der Waals surface area contributed by atoms with E-state index < -0.39 is 12.2 Å². The third kappa shape index (κ3) is 1.41. The molecule has 14 heavy (non-hydrogen) atoms. The Morgan fingerprint density at radius 3 is 2.79 bits per heavy atom. The van der Waals surface area contributed by atoms with Gasteiger partial charge in [-0.3, -0.25) is 0 Å². The first-order valence-electron chi connectivity index (χ1n) is 4.20. The van der Waals surface area contributed by atoms with Gasteiger partial charge in [-0.2, -0.15) is 0 Å². The number of carbonyl (C=O) groups is 1. The number of aromatic nitrogens is 3. The van der Waals surface area contributed by atoms with Crippen LogP contribution in [0, 0.1) is 0 Å². The topological polar surface area (TPSA) is 91.5 Å². The fourth-order valence-corrected chi connectivity index (χ4v) is 1.58. The van der Waals surface area contributed by atoms with Gasteiger partial charge in [-0.15, -0.1) is 5.10 Å². The standard InChI is InChI=1S/C7H10N4O3/c12-6-4-10(7(13)14)3-5(6)11-2-1-8-9-11/h1-2,5-6,12H,3-4H2,(H,13,14)/t5-,6-/m0/s1. The summed E-state index contributed by atoms with van der Waals surface area (Å²) in [6.07, 6.45) is 1.37. The quantitative estimate of drug-likeness (QED) is 0.614. The Balaban J connectivity index is 2.12. The van der Waals surface area contributed by atoms with Crippen LogP contribution in [-0.2, 0) is 0 Å². The number of aliphatic hydroxyl groups is 1. The summed E-state index contributed by atoms with van der Waals surface area (Å²) in [5.74, 6) is 0. The molecule has 1 aromatic rings. The minimum absolute atomic E-state index is 0.125. The zero-order valence-electron chi connectivity index (χ0n) is 7.32. The van der Waals surface area contributed by atoms with E-state index in [-0.39, 0.29) is 19.1 Å². The van der Waals surface area contributed by atoms with Crippen molar-refractivity contribution in [2.24, 2.45) is 0 Å². The molecule has 0 radical (unpaired) electrons. The number of hydrogen-bond acceptors (Lipinski definition) is 4. The van der Waals surface area contributed by atoms with Crippen LogP contribution in [0.25, 0.3) is 0 Å². The molecular weight excluding hydrogens is 188 g/mol. The first-order valence-corrected chi connectivity index (χ1v) is 4.20. The van der Waals surface area contributed by atoms with Crippen molar-refractivity contribution in [1.82, 2.24) is 19.9 Å². The van der Waals surface area contributed by atoms with Crippen molar-refractivity contribution in [2.75, 3.05) is 13.1 Å². The molecule has 1 aliphatic rings. The summed E-state index contributed by atoms with van der Waals surface area (Å²) < 4.78 is 1.48. The number of nitrogens with zero attached hydrogens (tertiary/aromatic N) is 4. The molecule has 1 aromatic heterocycles. The Hall–Kier alpha value is -1.63. The maximum Gasteiger partial charge on any atom is 0.407 e. The summed E-state index contributed by atoms with van der Waals surface area (Å²) in [5.41, 5.74) is 0. The highest BCUT2D eigenvalue weighted by Gasteiger charge is 2.35. The monoisotopic (exact) mass is 198 g/mol. The van der Waals surface area contributed by atoms with E-state index in [4.69, 9.17) is 5.11 Å². The second kappa shape index (κ2) is 3.26. The maximum absolute atomic E-state index is 10.6. The van der Waals surface area contributed by atoms with E-state index in [0.29, 0.717) is 0 Å². The van der Waals surface area contributed by atoms with E-state index >= 15 is 0 Å². The molecular formula is C7H10N4O3. The van der Waals surface area contributed by atoms with Gasteiger partial charge >= 0.3 is 6.09 Å². The maximum atomic E-state index is 10.6. The van der Waals surface area contributed by atoms with Crippen LogP contribution in [0.4, 0.5) is 4.79 Å². The van der Waals surface area contributed by atoms with E-state index in [0.717, 1.165) is 4.90 Å². The zero-order chi connectivity index (χ0) is 10.1. The lowest BCUT2D eigenvalue weighted by Crippen LogP contribution is -2.27. The van der Waals surface area contributed by atoms with Gasteiger partial charge in [-0.25, -0.2) is 9.48 Å². The minimum atomic E-state index is -1.02. The zero-order valence-corrected chi connectivity index (χ0v) is 7.32. The summed E-state index contributed by atoms with van der Waals surface area (Å²) in [5, 5.41) is 25.6. The normalized spacial score (nSPS) is 26.8. The van der Waals surface area contributed by atoms with Gasteiger partial charge in [0.05, 0.1) is 24.9 Å². The van der Waals surface area contributed by atoms with Gasteiger partial charge in [0.25, 0.3) is 0 Å². The van der Waals surface area contributed by atoms with Gasteiger partial charge in [-0.05, 0) is 0 Å². The lowest BCUT2D eigenvalue weighted by Gasteiger charge is -2.12. The second-order valence-corrected chi connectivity index (χ2v) is 3.21. The molecule has 0 aromatic carbocycles. The average molecular weight is 198 g/mol. The second-order valence-electron chi connectivity index (χ2n) is 3.21. The molecule has 0 spiro atoms. The van der Waals surface area contributed by atoms with Gasteiger partial charge in [0.2, 0.25) is 0 Å². The predicted molar refractivity (Wildman–Crippen MR) is 44.7 cm³/mol. The van der Waals surface area contributed by atoms with Crippen LogP contribution in [0.2, 0.25) is 0 Å². The van der Waals surface area contributed by atoms with E-state index in [2.05, 4.69) is 10.3 Å². The molecule has 76 valence electrons. The fourth-order valence-electron chi connectivity index (χ4n) is 1.58. The summed E-state index contributed by atoms with van der Waals surface area (Å²) in [7, 11) is 0. The Labute approximate surface area is 79.6 Å². The molecule has 0 unspecified atom stereocenters. The van der Waals surface area contributed by atoms with E-state index in [1.165, 1.54) is 10.9 Å². The van der Waals surface area contributed by atoms with Crippen LogP contribution in [0.3, 0.4) is 0 Å². The molecule has 0 saturated carbocycles. The molecule has 0 bridgehead atoms. The van der Waals surface area contributed by atoms with Crippen LogP contribution >= 0.6 is 0 Å². The van der Waals surface area contributed by atoms with Crippen molar-refractivity contribution >= 4 is 6.09 Å². The number of likely N-dealkylation sites (tertiary alicyclic amines) is 1. The summed E-state index contributed by atoms with van der Waals surface area (Å²) in [6.45, 7) is 0.375. The Bertz CT molecular complexity index is 326. The lowest BCUT2D eigenvalue weighted by molar-refractivity contribution is 0.130. The highest BCUT2D eigenvalue weighted by atomic mass is 16.4. The van der Waals surface area contributed by atoms with Gasteiger partial charge in [-0.1, -0.05) is 5.21 Å². The number of carboxylic acid groups (broad SMARTS) is 1. The molecule has 2 atom stereocenters. The number of aliphatic hydroxyl groups excluding tert-OH is 1.